The Labute approximate surface area is 181 Å². The van der Waals surface area contributed by atoms with Gasteiger partial charge in [-0.3, -0.25) is 0 Å². The van der Waals surface area contributed by atoms with Gasteiger partial charge in [-0.2, -0.15) is 0 Å². The van der Waals surface area contributed by atoms with E-state index in [0.29, 0.717) is 29.6 Å². The quantitative estimate of drug-likeness (QED) is 0.386. The Kier molecular flexibility index (Phi) is 6.37. The Hall–Kier alpha value is -3.12. The van der Waals surface area contributed by atoms with Gasteiger partial charge in [0.05, 0.1) is 24.4 Å². The fraction of sp³-hybridized carbons (Fsp3) is 0.192. The summed E-state index contributed by atoms with van der Waals surface area (Å²) in [5.41, 5.74) is 7.32. The van der Waals surface area contributed by atoms with E-state index < -0.39 is 0 Å². The molecule has 0 saturated heterocycles. The van der Waals surface area contributed by atoms with Crippen molar-refractivity contribution in [3.8, 4) is 22.4 Å². The van der Waals surface area contributed by atoms with Crippen LogP contribution in [0.4, 0.5) is 4.39 Å². The van der Waals surface area contributed by atoms with Gasteiger partial charge in [-0.15, -0.1) is 0 Å². The maximum Gasteiger partial charge on any atom is 0.123 e. The van der Waals surface area contributed by atoms with E-state index in [0.717, 1.165) is 33.5 Å². The second-order valence-corrected chi connectivity index (χ2v) is 7.52. The maximum absolute atomic E-state index is 13.7. The zero-order chi connectivity index (χ0) is 21.8. The van der Waals surface area contributed by atoms with Crippen LogP contribution >= 0.6 is 0 Å². The Balaban J connectivity index is 1.72. The number of rotatable bonds is 7. The van der Waals surface area contributed by atoms with Crippen LogP contribution in [0.15, 0.2) is 66.7 Å². The molecule has 4 rings (SSSR count). The first-order chi connectivity index (χ1) is 15.1. The number of nitrogens with zero attached hydrogens (tertiary/aromatic N) is 1. The largest absolute Gasteiger partial charge is 0.395 e. The van der Waals surface area contributed by atoms with E-state index in [2.05, 4.69) is 29.6 Å². The van der Waals surface area contributed by atoms with Crippen LogP contribution in [0.5, 0.6) is 0 Å². The van der Waals surface area contributed by atoms with Gasteiger partial charge in [-0.05, 0) is 52.9 Å². The average molecular weight is 416 g/mol. The summed E-state index contributed by atoms with van der Waals surface area (Å²) in [5.74, 6) is -0.340. The minimum absolute atomic E-state index is 0.109. The summed E-state index contributed by atoms with van der Waals surface area (Å²) < 4.78 is 13.7. The number of aliphatic hydroxyl groups excluding tert-OH is 2. The van der Waals surface area contributed by atoms with E-state index in [4.69, 9.17) is 10.1 Å². The van der Waals surface area contributed by atoms with Crippen LogP contribution in [0.2, 0.25) is 0 Å². The van der Waals surface area contributed by atoms with Crippen LogP contribution in [0.3, 0.4) is 0 Å². The summed E-state index contributed by atoms with van der Waals surface area (Å²) in [5, 5.41) is 22.8. The van der Waals surface area contributed by atoms with Gasteiger partial charge in [-0.25, -0.2) is 9.37 Å². The average Bonchev–Trinajstić information content (AvgIpc) is 2.79. The Morgan fingerprint density at radius 1 is 0.935 bits per heavy atom. The molecule has 0 bridgehead atoms. The highest BCUT2D eigenvalue weighted by atomic mass is 19.1. The number of aliphatic hydroxyl groups is 2. The number of pyridine rings is 1. The number of fused-ring (bicyclic) bond motifs is 1. The molecule has 1 aromatic heterocycles. The molecule has 0 fully saturated rings. The Bertz CT molecular complexity index is 1210. The molecule has 1 heterocycles. The number of nitrogens with one attached hydrogen (secondary N) is 1. The first-order valence-corrected chi connectivity index (χ1v) is 10.3. The lowest BCUT2D eigenvalue weighted by Crippen LogP contribution is -2.17. The number of benzene rings is 3. The van der Waals surface area contributed by atoms with Gasteiger partial charge >= 0.3 is 0 Å². The van der Waals surface area contributed by atoms with Gasteiger partial charge in [-0.1, -0.05) is 48.5 Å². The van der Waals surface area contributed by atoms with Gasteiger partial charge in [0.15, 0.2) is 0 Å². The van der Waals surface area contributed by atoms with Gasteiger partial charge < -0.3 is 15.5 Å². The van der Waals surface area contributed by atoms with Crippen molar-refractivity contribution >= 4 is 10.9 Å². The SMILES string of the molecule is Cc1c(-c2ccc(-c3ccccc3CNCCO)cc2)nc2ccc(F)cc2c1CO. The highest BCUT2D eigenvalue weighted by Gasteiger charge is 2.14. The molecule has 158 valence electrons. The van der Waals surface area contributed by atoms with Crippen LogP contribution in [-0.4, -0.2) is 28.3 Å². The molecule has 0 aliphatic heterocycles. The van der Waals surface area contributed by atoms with E-state index >= 15 is 0 Å². The molecule has 0 unspecified atom stereocenters. The monoisotopic (exact) mass is 416 g/mol. The zero-order valence-electron chi connectivity index (χ0n) is 17.4. The third kappa shape index (κ3) is 4.35. The first-order valence-electron chi connectivity index (χ1n) is 10.3. The topological polar surface area (TPSA) is 65.4 Å². The van der Waals surface area contributed by atoms with Gasteiger partial charge in [0.1, 0.15) is 5.82 Å². The summed E-state index contributed by atoms with van der Waals surface area (Å²) in [6.45, 7) is 3.08. The second kappa shape index (κ2) is 9.35. The highest BCUT2D eigenvalue weighted by molar-refractivity contribution is 5.87. The van der Waals surface area contributed by atoms with Crippen LogP contribution in [0.25, 0.3) is 33.3 Å². The molecule has 31 heavy (non-hydrogen) atoms. The van der Waals surface area contributed by atoms with E-state index in [-0.39, 0.29) is 19.0 Å². The van der Waals surface area contributed by atoms with Crippen LogP contribution in [0.1, 0.15) is 16.7 Å². The zero-order valence-corrected chi connectivity index (χ0v) is 17.4. The van der Waals surface area contributed by atoms with E-state index in [9.17, 15) is 9.50 Å². The molecule has 0 radical (unpaired) electrons. The number of halogens is 1. The third-order valence-corrected chi connectivity index (χ3v) is 5.57. The fourth-order valence-corrected chi connectivity index (χ4v) is 3.95. The number of hydrogen-bond donors (Lipinski definition) is 3. The normalized spacial score (nSPS) is 11.2. The van der Waals surface area contributed by atoms with E-state index in [1.807, 2.05) is 31.2 Å². The maximum atomic E-state index is 13.7. The molecule has 0 saturated carbocycles. The number of aromatic nitrogens is 1. The summed E-state index contributed by atoms with van der Waals surface area (Å²) in [7, 11) is 0. The minimum atomic E-state index is -0.340. The molecule has 0 amide bonds. The smallest absolute Gasteiger partial charge is 0.123 e. The minimum Gasteiger partial charge on any atom is -0.395 e. The van der Waals surface area contributed by atoms with Gasteiger partial charge in [0.25, 0.3) is 0 Å². The second-order valence-electron chi connectivity index (χ2n) is 7.52. The highest BCUT2D eigenvalue weighted by Crippen LogP contribution is 2.32. The summed E-state index contributed by atoms with van der Waals surface area (Å²) >= 11 is 0. The molecule has 4 nitrogen and oxygen atoms in total. The van der Waals surface area contributed by atoms with Crippen LogP contribution in [-0.2, 0) is 13.2 Å². The number of hydrogen-bond acceptors (Lipinski definition) is 4. The van der Waals surface area contributed by atoms with Crippen molar-refractivity contribution in [1.29, 1.82) is 0 Å². The standard InChI is InChI=1S/C26H25FN2O2/c1-17-24(16-31)23-14-21(27)10-11-25(23)29-26(17)19-8-6-18(7-9-19)22-5-3-2-4-20(22)15-28-12-13-30/h2-11,14,28,30-31H,12-13,15-16H2,1H3. The van der Waals surface area contributed by atoms with Crippen molar-refractivity contribution in [3.05, 3.63) is 89.2 Å². The molecule has 5 heteroatoms. The summed E-state index contributed by atoms with van der Waals surface area (Å²) in [6, 6.07) is 20.8. The van der Waals surface area contributed by atoms with Crippen molar-refractivity contribution in [2.75, 3.05) is 13.2 Å². The Morgan fingerprint density at radius 3 is 2.42 bits per heavy atom. The van der Waals surface area contributed by atoms with Gasteiger partial charge in [0, 0.05) is 24.0 Å². The fourth-order valence-electron chi connectivity index (χ4n) is 3.95. The molecular weight excluding hydrogens is 391 g/mol. The van der Waals surface area contributed by atoms with Crippen molar-refractivity contribution in [2.45, 2.75) is 20.1 Å². The lowest BCUT2D eigenvalue weighted by molar-refractivity contribution is 0.282. The van der Waals surface area contributed by atoms with Crippen molar-refractivity contribution in [2.24, 2.45) is 0 Å². The van der Waals surface area contributed by atoms with E-state index in [1.165, 1.54) is 12.1 Å². The lowest BCUT2D eigenvalue weighted by Gasteiger charge is -2.14. The molecule has 0 aliphatic carbocycles. The third-order valence-electron chi connectivity index (χ3n) is 5.57. The first kappa shape index (κ1) is 21.1. The van der Waals surface area contributed by atoms with Gasteiger partial charge in [0.2, 0.25) is 0 Å². The van der Waals surface area contributed by atoms with Crippen molar-refractivity contribution in [3.63, 3.8) is 0 Å². The predicted octanol–water partition coefficient (Wildman–Crippen LogP) is 4.59. The molecule has 4 aromatic rings. The van der Waals surface area contributed by atoms with Crippen LogP contribution in [0, 0.1) is 12.7 Å². The van der Waals surface area contributed by atoms with Crippen molar-refractivity contribution < 1.29 is 14.6 Å². The molecule has 3 aromatic carbocycles. The molecular formula is C26H25FN2O2. The Morgan fingerprint density at radius 2 is 1.68 bits per heavy atom. The lowest BCUT2D eigenvalue weighted by atomic mass is 9.95. The molecule has 0 spiro atoms. The van der Waals surface area contributed by atoms with E-state index in [1.54, 1.807) is 6.07 Å². The molecule has 3 N–H and O–H groups in total. The molecule has 0 aliphatic rings. The predicted molar refractivity (Wildman–Crippen MR) is 122 cm³/mol. The summed E-state index contributed by atoms with van der Waals surface area (Å²) in [4.78, 5) is 4.75. The molecule has 0 atom stereocenters. The van der Waals surface area contributed by atoms with Crippen molar-refractivity contribution in [1.82, 2.24) is 10.3 Å². The van der Waals surface area contributed by atoms with Crippen LogP contribution < -0.4 is 5.32 Å². The summed E-state index contributed by atoms with van der Waals surface area (Å²) in [6.07, 6.45) is 0.